The van der Waals surface area contributed by atoms with Crippen molar-refractivity contribution in [2.75, 3.05) is 26.3 Å². The molecule has 2 aromatic rings. The molecule has 0 N–H and O–H groups in total. The summed E-state index contributed by atoms with van der Waals surface area (Å²) in [6.07, 6.45) is 1.64. The van der Waals surface area contributed by atoms with E-state index in [4.69, 9.17) is 25.5 Å². The van der Waals surface area contributed by atoms with Crippen molar-refractivity contribution in [2.24, 2.45) is 0 Å². The van der Waals surface area contributed by atoms with Crippen LogP contribution in [0.5, 0.6) is 5.75 Å². The van der Waals surface area contributed by atoms with E-state index in [2.05, 4.69) is 25.8 Å². The summed E-state index contributed by atoms with van der Waals surface area (Å²) in [7, 11) is 0. The monoisotopic (exact) mass is 386 g/mol. The molecular formula is C15H16BrClN2O3. The fourth-order valence-electron chi connectivity index (χ4n) is 2.34. The van der Waals surface area contributed by atoms with Crippen LogP contribution in [0.25, 0.3) is 0 Å². The summed E-state index contributed by atoms with van der Waals surface area (Å²) in [6.45, 7) is 3.55. The Kier molecular flexibility index (Phi) is 5.36. The molecule has 7 heteroatoms. The molecule has 0 saturated carbocycles. The lowest BCUT2D eigenvalue weighted by Crippen LogP contribution is -2.44. The Balaban J connectivity index is 1.51. The number of pyridine rings is 1. The van der Waals surface area contributed by atoms with Crippen LogP contribution in [0.4, 0.5) is 0 Å². The molecule has 0 spiro atoms. The smallest absolute Gasteiger partial charge is 0.171 e. The van der Waals surface area contributed by atoms with Gasteiger partial charge in [0, 0.05) is 19.3 Å². The van der Waals surface area contributed by atoms with Crippen LogP contribution < -0.4 is 4.74 Å². The maximum Gasteiger partial charge on any atom is 0.171 e. The number of hydrogen-bond acceptors (Lipinski definition) is 5. The first-order chi connectivity index (χ1) is 10.7. The average Bonchev–Trinajstić information content (AvgIpc) is 2.92. The summed E-state index contributed by atoms with van der Waals surface area (Å²) in [5.41, 5.74) is 0. The summed E-state index contributed by atoms with van der Waals surface area (Å²) < 4.78 is 17.7. The molecule has 2 aromatic heterocycles. The number of halogens is 2. The molecule has 1 fully saturated rings. The number of aromatic nitrogens is 1. The van der Waals surface area contributed by atoms with Gasteiger partial charge < -0.3 is 13.9 Å². The second-order valence-corrected chi connectivity index (χ2v) is 6.18. The average molecular weight is 388 g/mol. The Morgan fingerprint density at radius 3 is 3.09 bits per heavy atom. The first-order valence-corrected chi connectivity index (χ1v) is 8.19. The van der Waals surface area contributed by atoms with Gasteiger partial charge in [-0.2, -0.15) is 0 Å². The van der Waals surface area contributed by atoms with Crippen LogP contribution >= 0.6 is 27.5 Å². The minimum atomic E-state index is 0.00317. The third-order valence-electron chi connectivity index (χ3n) is 3.38. The zero-order chi connectivity index (χ0) is 15.4. The van der Waals surface area contributed by atoms with Crippen LogP contribution in [0.3, 0.4) is 0 Å². The molecule has 3 rings (SSSR count). The van der Waals surface area contributed by atoms with Gasteiger partial charge in [0.05, 0.1) is 13.2 Å². The van der Waals surface area contributed by atoms with Crippen LogP contribution in [0.15, 0.2) is 39.5 Å². The Labute approximate surface area is 142 Å². The van der Waals surface area contributed by atoms with Crippen LogP contribution in [-0.2, 0) is 11.3 Å². The van der Waals surface area contributed by atoms with Gasteiger partial charge in [-0.25, -0.2) is 4.98 Å². The molecule has 3 heterocycles. The van der Waals surface area contributed by atoms with Crippen LogP contribution in [-0.4, -0.2) is 42.3 Å². The van der Waals surface area contributed by atoms with Gasteiger partial charge in [-0.15, -0.1) is 0 Å². The fraction of sp³-hybridized carbons (Fsp3) is 0.400. The Morgan fingerprint density at radius 1 is 1.41 bits per heavy atom. The van der Waals surface area contributed by atoms with Crippen molar-refractivity contribution in [1.82, 2.24) is 9.88 Å². The molecule has 1 unspecified atom stereocenters. The highest BCUT2D eigenvalue weighted by atomic mass is 79.9. The molecule has 1 aliphatic heterocycles. The predicted octanol–water partition coefficient (Wildman–Crippen LogP) is 3.37. The van der Waals surface area contributed by atoms with Gasteiger partial charge in [0.1, 0.15) is 18.5 Å². The summed E-state index contributed by atoms with van der Waals surface area (Å²) in [6, 6.07) is 7.47. The lowest BCUT2D eigenvalue weighted by molar-refractivity contribution is -0.0519. The van der Waals surface area contributed by atoms with Gasteiger partial charge in [0.25, 0.3) is 0 Å². The highest BCUT2D eigenvalue weighted by Crippen LogP contribution is 2.21. The van der Waals surface area contributed by atoms with Gasteiger partial charge in [0.2, 0.25) is 0 Å². The number of morpholine rings is 1. The largest absolute Gasteiger partial charge is 0.488 e. The van der Waals surface area contributed by atoms with E-state index in [1.54, 1.807) is 18.3 Å². The minimum Gasteiger partial charge on any atom is -0.488 e. The number of hydrogen-bond donors (Lipinski definition) is 0. The number of furan rings is 1. The zero-order valence-corrected chi connectivity index (χ0v) is 14.2. The third kappa shape index (κ3) is 4.23. The Hall–Kier alpha value is -1.08. The molecule has 0 radical (unpaired) electrons. The van der Waals surface area contributed by atoms with E-state index in [9.17, 15) is 0 Å². The van der Waals surface area contributed by atoms with Gasteiger partial charge in [-0.3, -0.25) is 4.90 Å². The molecule has 5 nitrogen and oxygen atoms in total. The lowest BCUT2D eigenvalue weighted by atomic mass is 10.2. The van der Waals surface area contributed by atoms with Crippen molar-refractivity contribution in [3.8, 4) is 5.75 Å². The second kappa shape index (κ2) is 7.46. The van der Waals surface area contributed by atoms with E-state index in [1.165, 1.54) is 0 Å². The van der Waals surface area contributed by atoms with Crippen LogP contribution in [0, 0.1) is 0 Å². The van der Waals surface area contributed by atoms with Crippen molar-refractivity contribution in [1.29, 1.82) is 0 Å². The van der Waals surface area contributed by atoms with E-state index < -0.39 is 0 Å². The SMILES string of the molecule is Clc1ncccc1OCC1CN(Cc2ccc(Br)o2)CCO1. The molecule has 0 aliphatic carbocycles. The quantitative estimate of drug-likeness (QED) is 0.736. The molecule has 1 atom stereocenters. The van der Waals surface area contributed by atoms with E-state index >= 15 is 0 Å². The molecular weight excluding hydrogens is 372 g/mol. The Morgan fingerprint density at radius 2 is 2.32 bits per heavy atom. The highest BCUT2D eigenvalue weighted by Gasteiger charge is 2.22. The fourth-order valence-corrected chi connectivity index (χ4v) is 2.86. The van der Waals surface area contributed by atoms with Crippen LogP contribution in [0.2, 0.25) is 5.15 Å². The first kappa shape index (κ1) is 15.8. The number of rotatable bonds is 5. The topological polar surface area (TPSA) is 47.7 Å². The molecule has 1 saturated heterocycles. The van der Waals surface area contributed by atoms with E-state index in [1.807, 2.05) is 12.1 Å². The molecule has 0 bridgehead atoms. The van der Waals surface area contributed by atoms with E-state index in [0.29, 0.717) is 24.1 Å². The van der Waals surface area contributed by atoms with E-state index in [-0.39, 0.29) is 6.10 Å². The summed E-state index contributed by atoms with van der Waals surface area (Å²) in [4.78, 5) is 6.27. The van der Waals surface area contributed by atoms with Gasteiger partial charge in [0.15, 0.2) is 15.6 Å². The second-order valence-electron chi connectivity index (χ2n) is 5.04. The highest BCUT2D eigenvalue weighted by molar-refractivity contribution is 9.10. The molecule has 1 aliphatic rings. The van der Waals surface area contributed by atoms with Crippen molar-refractivity contribution < 1.29 is 13.9 Å². The van der Waals surface area contributed by atoms with Crippen LogP contribution in [0.1, 0.15) is 5.76 Å². The first-order valence-electron chi connectivity index (χ1n) is 7.02. The summed E-state index contributed by atoms with van der Waals surface area (Å²) >= 11 is 9.29. The van der Waals surface area contributed by atoms with Crippen molar-refractivity contribution in [2.45, 2.75) is 12.6 Å². The van der Waals surface area contributed by atoms with Crippen molar-refractivity contribution in [3.05, 3.63) is 46.0 Å². The standard InChI is InChI=1S/C15H16BrClN2O3/c16-14-4-3-11(22-14)8-19-6-7-20-12(9-19)10-21-13-2-1-5-18-15(13)17/h1-5,12H,6-10H2. The Bertz CT molecular complexity index is 622. The third-order valence-corrected chi connectivity index (χ3v) is 4.09. The van der Waals surface area contributed by atoms with Gasteiger partial charge in [-0.1, -0.05) is 11.6 Å². The zero-order valence-electron chi connectivity index (χ0n) is 11.9. The minimum absolute atomic E-state index is 0.00317. The maximum absolute atomic E-state index is 5.98. The maximum atomic E-state index is 5.98. The number of nitrogens with zero attached hydrogens (tertiary/aromatic N) is 2. The molecule has 118 valence electrons. The van der Waals surface area contributed by atoms with Gasteiger partial charge >= 0.3 is 0 Å². The normalized spacial score (nSPS) is 19.3. The van der Waals surface area contributed by atoms with Crippen molar-refractivity contribution >= 4 is 27.5 Å². The van der Waals surface area contributed by atoms with E-state index in [0.717, 1.165) is 30.1 Å². The van der Waals surface area contributed by atoms with Crippen molar-refractivity contribution in [3.63, 3.8) is 0 Å². The lowest BCUT2D eigenvalue weighted by Gasteiger charge is -2.32. The molecule has 22 heavy (non-hydrogen) atoms. The van der Waals surface area contributed by atoms with Gasteiger partial charge in [-0.05, 0) is 40.2 Å². The molecule has 0 amide bonds. The number of ether oxygens (including phenoxy) is 2. The predicted molar refractivity (Wildman–Crippen MR) is 86.2 cm³/mol. The summed E-state index contributed by atoms with van der Waals surface area (Å²) in [5.74, 6) is 1.52. The summed E-state index contributed by atoms with van der Waals surface area (Å²) in [5, 5.41) is 0.371. The molecule has 0 aromatic carbocycles.